The highest BCUT2D eigenvalue weighted by molar-refractivity contribution is 6.26. The average molecular weight is 1580 g/mol. The first-order valence-electron chi connectivity index (χ1n) is 42.1. The zero-order valence-electron chi connectivity index (χ0n) is 67.3. The van der Waals surface area contributed by atoms with Crippen LogP contribution in [-0.4, -0.2) is 19.9 Å². The van der Waals surface area contributed by atoms with E-state index < -0.39 is 0 Å². The van der Waals surface area contributed by atoms with Crippen LogP contribution in [0.5, 0.6) is 0 Å². The zero-order chi connectivity index (χ0) is 82.0. The van der Waals surface area contributed by atoms with Crippen LogP contribution in [0.15, 0.2) is 458 Å². The van der Waals surface area contributed by atoms with Gasteiger partial charge in [-0.05, 0) is 175 Å². The van der Waals surface area contributed by atoms with Gasteiger partial charge >= 0.3 is 0 Å². The molecule has 20 aromatic carbocycles. The standard InChI is InChI=1S/C64H40N2O.C54H34N2O/c1-2-11-41(12-3-1)42-23-31-47(32-24-42)59-40-60(48-33-25-44(26-34-48)43-21-29-46(30-22-43)51-18-10-20-62-63(51)57-17-8-9-19-61(57)67-62)66-64(65-59)49-35-27-45(28-36-49)50-37-38-56-54-15-5-4-13-52(54)53-14-6-7-16-55(53)58(56)39-50;1-2-12-38(13-3-1)50-34-51(56-54(55-50)42-16-10-15-40(32-42)49-33-41-14-4-5-17-43(41)45-18-6-7-19-46(45)49)39-30-26-36(27-31-39)35-24-28-37(29-25-35)44-21-11-22-48-47-20-8-9-23-52(47)57-53(44)48/h1-40H;1-34H. The Labute approximate surface area is 716 Å². The van der Waals surface area contributed by atoms with E-state index in [0.29, 0.717) is 11.6 Å². The Hall–Kier alpha value is -16.5. The number of aromatic nitrogens is 4. The number of hydrogen-bond donors (Lipinski definition) is 0. The Morgan fingerprint density at radius 1 is 0.145 bits per heavy atom. The molecule has 0 spiro atoms. The summed E-state index contributed by atoms with van der Waals surface area (Å²) in [5, 5.41) is 17.1. The van der Waals surface area contributed by atoms with Gasteiger partial charge in [0.25, 0.3) is 0 Å². The molecule has 0 saturated heterocycles. The van der Waals surface area contributed by atoms with E-state index >= 15 is 0 Å². The molecular weight excluding hydrogens is 1510 g/mol. The second-order valence-electron chi connectivity index (χ2n) is 31.8. The van der Waals surface area contributed by atoms with Crippen LogP contribution >= 0.6 is 0 Å². The molecule has 4 aromatic heterocycles. The van der Waals surface area contributed by atoms with E-state index in [2.05, 4.69) is 406 Å². The fourth-order valence-electron chi connectivity index (χ4n) is 18.2. The molecule has 0 atom stereocenters. The predicted molar refractivity (Wildman–Crippen MR) is 517 cm³/mol. The normalized spacial score (nSPS) is 11.5. The number of benzene rings is 20. The molecule has 0 radical (unpaired) electrons. The van der Waals surface area contributed by atoms with Crippen molar-refractivity contribution >= 4 is 97.7 Å². The Balaban J connectivity index is 0.000000145. The first-order chi connectivity index (χ1) is 61.4. The second kappa shape index (κ2) is 31.0. The molecule has 24 rings (SSSR count). The minimum absolute atomic E-state index is 0.683. The van der Waals surface area contributed by atoms with E-state index in [-0.39, 0.29) is 0 Å². The largest absolute Gasteiger partial charge is 0.456 e. The quantitative estimate of drug-likeness (QED) is 0.107. The molecule has 0 fully saturated rings. The Morgan fingerprint density at radius 3 is 1.03 bits per heavy atom. The molecule has 4 heterocycles. The summed E-state index contributed by atoms with van der Waals surface area (Å²) in [6, 6.07) is 159. The first kappa shape index (κ1) is 72.7. The number of rotatable bonds is 13. The Kier molecular flexibility index (Phi) is 18.2. The Bertz CT molecular complexity index is 8190. The van der Waals surface area contributed by atoms with Gasteiger partial charge in [-0.15, -0.1) is 0 Å². The fourth-order valence-corrected chi connectivity index (χ4v) is 18.2. The fraction of sp³-hybridized carbons (Fsp3) is 0. The number of fused-ring (bicyclic) bond motifs is 15. The maximum atomic E-state index is 6.33. The predicted octanol–water partition coefficient (Wildman–Crippen LogP) is 32.2. The van der Waals surface area contributed by atoms with Gasteiger partial charge in [0.05, 0.1) is 22.8 Å². The highest BCUT2D eigenvalue weighted by Crippen LogP contribution is 2.44. The third-order valence-corrected chi connectivity index (χ3v) is 24.5. The van der Waals surface area contributed by atoms with E-state index in [9.17, 15) is 0 Å². The van der Waals surface area contributed by atoms with Crippen molar-refractivity contribution in [2.24, 2.45) is 0 Å². The third-order valence-electron chi connectivity index (χ3n) is 24.5. The minimum atomic E-state index is 0.683. The summed E-state index contributed by atoms with van der Waals surface area (Å²) in [5.41, 5.74) is 29.3. The van der Waals surface area contributed by atoms with Crippen LogP contribution in [0.25, 0.3) is 243 Å². The molecule has 0 N–H and O–H groups in total. The third kappa shape index (κ3) is 13.5. The molecule has 0 unspecified atom stereocenters. The molecule has 124 heavy (non-hydrogen) atoms. The van der Waals surface area contributed by atoms with Gasteiger partial charge in [-0.3, -0.25) is 0 Å². The lowest BCUT2D eigenvalue weighted by molar-refractivity contribution is 0.669. The lowest BCUT2D eigenvalue weighted by Crippen LogP contribution is -1.96. The molecule has 6 nitrogen and oxygen atoms in total. The summed E-state index contributed by atoms with van der Waals surface area (Å²) in [6.45, 7) is 0. The molecule has 0 aliphatic carbocycles. The molecule has 0 bridgehead atoms. The van der Waals surface area contributed by atoms with Gasteiger partial charge in [0, 0.05) is 60.5 Å². The minimum Gasteiger partial charge on any atom is -0.456 e. The van der Waals surface area contributed by atoms with Crippen molar-refractivity contribution in [3.8, 4) is 146 Å². The van der Waals surface area contributed by atoms with Gasteiger partial charge in [0.1, 0.15) is 22.3 Å². The summed E-state index contributed by atoms with van der Waals surface area (Å²) in [5.74, 6) is 1.37. The van der Waals surface area contributed by atoms with Crippen molar-refractivity contribution in [2.45, 2.75) is 0 Å². The van der Waals surface area contributed by atoms with Crippen LogP contribution in [0, 0.1) is 0 Å². The van der Waals surface area contributed by atoms with Crippen molar-refractivity contribution in [3.05, 3.63) is 449 Å². The van der Waals surface area contributed by atoms with E-state index in [1.165, 1.54) is 81.7 Å². The summed E-state index contributed by atoms with van der Waals surface area (Å²) < 4.78 is 12.5. The van der Waals surface area contributed by atoms with Crippen LogP contribution in [0.4, 0.5) is 0 Å². The van der Waals surface area contributed by atoms with Gasteiger partial charge in [-0.1, -0.05) is 400 Å². The van der Waals surface area contributed by atoms with Crippen molar-refractivity contribution in [2.75, 3.05) is 0 Å². The van der Waals surface area contributed by atoms with Crippen LogP contribution in [0.2, 0.25) is 0 Å². The van der Waals surface area contributed by atoms with E-state index in [0.717, 1.165) is 150 Å². The van der Waals surface area contributed by atoms with E-state index in [1.807, 2.05) is 42.5 Å². The monoisotopic (exact) mass is 1580 g/mol. The smallest absolute Gasteiger partial charge is 0.160 e. The van der Waals surface area contributed by atoms with E-state index in [1.54, 1.807) is 0 Å². The van der Waals surface area contributed by atoms with Crippen molar-refractivity contribution in [1.82, 2.24) is 19.9 Å². The van der Waals surface area contributed by atoms with Gasteiger partial charge in [-0.25, -0.2) is 19.9 Å². The summed E-state index contributed by atoms with van der Waals surface area (Å²) in [7, 11) is 0. The molecule has 0 saturated carbocycles. The van der Waals surface area contributed by atoms with Crippen LogP contribution < -0.4 is 0 Å². The van der Waals surface area contributed by atoms with Gasteiger partial charge < -0.3 is 8.83 Å². The molecular formula is C118H74N4O2. The van der Waals surface area contributed by atoms with Gasteiger partial charge in [0.15, 0.2) is 11.6 Å². The highest BCUT2D eigenvalue weighted by Gasteiger charge is 2.20. The number of para-hydroxylation sites is 3. The molecule has 578 valence electrons. The van der Waals surface area contributed by atoms with Crippen LogP contribution in [0.1, 0.15) is 0 Å². The highest BCUT2D eigenvalue weighted by atomic mass is 16.3. The lowest BCUT2D eigenvalue weighted by Gasteiger charge is -2.13. The number of furan rings is 2. The first-order valence-corrected chi connectivity index (χ1v) is 42.1. The van der Waals surface area contributed by atoms with Crippen molar-refractivity contribution < 1.29 is 8.83 Å². The van der Waals surface area contributed by atoms with Gasteiger partial charge in [0.2, 0.25) is 0 Å². The summed E-state index contributed by atoms with van der Waals surface area (Å²) in [4.78, 5) is 20.8. The molecule has 0 aliphatic heterocycles. The SMILES string of the molecule is c1ccc(-c2cc(-c3ccc(-c4ccc(-c5cccc6c5oc5ccccc56)cc4)cc3)nc(-c3cccc(-c4cc5ccccc5c5ccccc45)c3)n2)cc1.c1ccc(-c2ccc(-c3cc(-c4ccc(-c5ccc(-c6cccc7oc8ccccc8c67)cc5)cc4)nc(-c4ccc(-c5ccc6c7ccccc7c7ccccc7c6c5)cc4)n3)cc2)cc1. The average Bonchev–Trinajstić information content (AvgIpc) is 1.25. The maximum absolute atomic E-state index is 6.33. The molecule has 6 heteroatoms. The van der Waals surface area contributed by atoms with E-state index in [4.69, 9.17) is 28.8 Å². The van der Waals surface area contributed by atoms with Crippen LogP contribution in [0.3, 0.4) is 0 Å². The Morgan fingerprint density at radius 2 is 0.476 bits per heavy atom. The summed E-state index contributed by atoms with van der Waals surface area (Å²) in [6.07, 6.45) is 0. The number of nitrogens with zero attached hydrogens (tertiary/aromatic N) is 4. The second-order valence-corrected chi connectivity index (χ2v) is 31.8. The zero-order valence-corrected chi connectivity index (χ0v) is 67.3. The molecule has 24 aromatic rings. The lowest BCUT2D eigenvalue weighted by atomic mass is 9.92. The number of hydrogen-bond acceptors (Lipinski definition) is 6. The van der Waals surface area contributed by atoms with Crippen molar-refractivity contribution in [1.29, 1.82) is 0 Å². The van der Waals surface area contributed by atoms with Crippen molar-refractivity contribution in [3.63, 3.8) is 0 Å². The maximum Gasteiger partial charge on any atom is 0.160 e. The van der Waals surface area contributed by atoms with Crippen LogP contribution in [-0.2, 0) is 0 Å². The molecule has 0 amide bonds. The summed E-state index contributed by atoms with van der Waals surface area (Å²) >= 11 is 0. The topological polar surface area (TPSA) is 77.8 Å². The molecule has 0 aliphatic rings. The van der Waals surface area contributed by atoms with Gasteiger partial charge in [-0.2, -0.15) is 0 Å².